The third-order valence-electron chi connectivity index (χ3n) is 9.57. The Labute approximate surface area is 356 Å². The van der Waals surface area contributed by atoms with Crippen molar-refractivity contribution in [1.29, 1.82) is 0 Å². The van der Waals surface area contributed by atoms with Crippen LogP contribution < -0.4 is 27.8 Å². The van der Waals surface area contributed by atoms with Gasteiger partial charge in [-0.1, -0.05) is 36.4 Å². The summed E-state index contributed by atoms with van der Waals surface area (Å²) in [6.45, 7) is 1.28. The number of anilines is 2. The number of aromatic nitrogens is 6. The largest absolute Gasteiger partial charge is 0.472 e. The summed E-state index contributed by atoms with van der Waals surface area (Å²) in [5.41, 5.74) is 11.5. The monoisotopic (exact) mass is 922 g/mol. The number of hydrogen-bond acceptors (Lipinski definition) is 19. The highest BCUT2D eigenvalue weighted by Gasteiger charge is 2.50. The number of hydrogen-bond donors (Lipinski definition) is 8. The van der Waals surface area contributed by atoms with Crippen molar-refractivity contribution in [3.8, 4) is 0 Å². The van der Waals surface area contributed by atoms with Gasteiger partial charge in [0.1, 0.15) is 54.3 Å². The van der Waals surface area contributed by atoms with Gasteiger partial charge in [0.25, 0.3) is 0 Å². The molecular weight excluding hydrogens is 878 g/mol. The number of esters is 1. The van der Waals surface area contributed by atoms with Gasteiger partial charge in [0.2, 0.25) is 11.8 Å². The molecule has 0 bridgehead atoms. The number of phosphoric acid groups is 2. The lowest BCUT2D eigenvalue weighted by atomic mass is 10.1. The van der Waals surface area contributed by atoms with Crippen LogP contribution in [-0.2, 0) is 57.7 Å². The lowest BCUT2D eigenvalue weighted by Gasteiger charge is -2.25. The number of carbonyl (C=O) groups is 3. The molecule has 0 spiro atoms. The second-order valence-corrected chi connectivity index (χ2v) is 16.7. The quantitative estimate of drug-likeness (QED) is 0.0303. The number of allylic oxidation sites excluding steroid dienone is 1. The molecule has 3 aromatic heterocycles. The Morgan fingerprint density at radius 3 is 2.46 bits per heavy atom. The van der Waals surface area contributed by atoms with Crippen molar-refractivity contribution in [3.63, 3.8) is 0 Å². The fraction of sp³-hybridized carbons (Fsp3) is 0.429. The van der Waals surface area contributed by atoms with Crippen molar-refractivity contribution < 1.29 is 71.1 Å². The Morgan fingerprint density at radius 2 is 1.75 bits per heavy atom. The van der Waals surface area contributed by atoms with Crippen LogP contribution in [0.15, 0.2) is 72.7 Å². The Hall–Kier alpha value is -5.50. The van der Waals surface area contributed by atoms with Gasteiger partial charge in [-0.15, -0.1) is 6.58 Å². The molecule has 0 saturated carbocycles. The summed E-state index contributed by atoms with van der Waals surface area (Å²) >= 11 is 0. The van der Waals surface area contributed by atoms with Crippen LogP contribution in [-0.4, -0.2) is 123 Å². The summed E-state index contributed by atoms with van der Waals surface area (Å²) in [4.78, 5) is 97.1. The van der Waals surface area contributed by atoms with E-state index in [-0.39, 0.29) is 42.1 Å². The van der Waals surface area contributed by atoms with E-state index >= 15 is 0 Å². The topological polar surface area (TPSA) is 376 Å². The van der Waals surface area contributed by atoms with Gasteiger partial charge < -0.3 is 56.1 Å². The highest BCUT2D eigenvalue weighted by atomic mass is 31.2. The number of amides is 2. The predicted molar refractivity (Wildman–Crippen MR) is 214 cm³/mol. The van der Waals surface area contributed by atoms with Crippen LogP contribution in [0.5, 0.6) is 0 Å². The zero-order chi connectivity index (χ0) is 45.5. The van der Waals surface area contributed by atoms with E-state index in [2.05, 4.69) is 41.7 Å². The van der Waals surface area contributed by atoms with E-state index in [0.717, 1.165) is 10.9 Å². The minimum Gasteiger partial charge on any atom is -0.455 e. The molecule has 9 atom stereocenters. The molecule has 5 heterocycles. The van der Waals surface area contributed by atoms with E-state index in [9.17, 15) is 48.1 Å². The predicted octanol–water partition coefficient (Wildman–Crippen LogP) is -0.873. The van der Waals surface area contributed by atoms with E-state index in [4.69, 9.17) is 34.7 Å². The second kappa shape index (κ2) is 20.3. The summed E-state index contributed by atoms with van der Waals surface area (Å²) in [5.74, 6) is -2.39. The molecular formula is C35H44N10O16P2. The lowest BCUT2D eigenvalue weighted by molar-refractivity contribution is -0.160. The van der Waals surface area contributed by atoms with E-state index in [1.807, 2.05) is 0 Å². The van der Waals surface area contributed by atoms with Gasteiger partial charge in [0.15, 0.2) is 23.8 Å². The molecule has 2 aliphatic heterocycles. The first-order valence-corrected chi connectivity index (χ1v) is 22.0. The fourth-order valence-corrected chi connectivity index (χ4v) is 7.91. The molecule has 2 aliphatic rings. The molecule has 28 heteroatoms. The van der Waals surface area contributed by atoms with Gasteiger partial charge in [-0.3, -0.25) is 32.3 Å². The number of fused-ring (bicyclic) bond motifs is 1. The van der Waals surface area contributed by atoms with Crippen LogP contribution in [0.25, 0.3) is 11.2 Å². The number of rotatable bonds is 20. The van der Waals surface area contributed by atoms with E-state index < -0.39 is 108 Å². The third-order valence-corrected chi connectivity index (χ3v) is 11.1. The first kappa shape index (κ1) is 47.0. The number of nitrogens with two attached hydrogens (primary N) is 2. The Kier molecular flexibility index (Phi) is 15.2. The zero-order valence-corrected chi connectivity index (χ0v) is 34.8. The fourth-order valence-electron chi connectivity index (χ4n) is 6.61. The summed E-state index contributed by atoms with van der Waals surface area (Å²) in [5, 5.41) is 16.7. The molecule has 2 saturated heterocycles. The molecule has 63 heavy (non-hydrogen) atoms. The SMILES string of the molecule is C=CCCC(=O)NCC(=O)N[C@@H](Cc1ccccc1)C(=O)OC1C(COP(=O)(O)O[C@@H]2C[C@H](n3ccc(N)nc3=O)OC2COP(=O)(O)O)OC(n2cnc3c(N)ncnc32)C1O. The molecule has 6 unspecified atom stereocenters. The van der Waals surface area contributed by atoms with E-state index in [0.29, 0.717) is 12.0 Å². The Morgan fingerprint density at radius 1 is 1.00 bits per heavy atom. The van der Waals surface area contributed by atoms with Crippen LogP contribution in [0.4, 0.5) is 11.6 Å². The standard InChI is InChI=1S/C35H44N10O16P2/c1-2-3-9-25(46)38-14-26(47)42-20(12-19-7-5-4-6-8-19)34(49)60-30-23(59-33(29(30)48)45-18-41-28-31(37)39-17-40-32(28)45)16-57-63(54,55)61-21-13-27(44-11-10-24(36)43-35(44)50)58-22(21)15-56-62(51,52)53/h2,4-8,10-11,17-18,20-23,27,29-30,33,48H,1,3,9,12-16H2,(H,38,46)(H,42,47)(H,54,55)(H2,36,43,50)(H2,37,39,40)(H2,51,52,53)/t20-,21+,22?,23?,27+,29?,30?,33?/m0/s1. The molecule has 0 radical (unpaired) electrons. The van der Waals surface area contributed by atoms with E-state index in [1.54, 1.807) is 30.3 Å². The molecule has 6 rings (SSSR count). The van der Waals surface area contributed by atoms with Gasteiger partial charge in [-0.2, -0.15) is 4.98 Å². The molecule has 1 aromatic carbocycles. The van der Waals surface area contributed by atoms with Crippen LogP contribution in [0.3, 0.4) is 0 Å². The molecule has 0 aliphatic carbocycles. The van der Waals surface area contributed by atoms with Crippen LogP contribution in [0.2, 0.25) is 0 Å². The maximum Gasteiger partial charge on any atom is 0.472 e. The third kappa shape index (κ3) is 12.4. The maximum atomic E-state index is 14.0. The normalized spacial score (nSPS) is 23.8. The molecule has 340 valence electrons. The number of nitrogen functional groups attached to an aromatic ring is 2. The van der Waals surface area contributed by atoms with Gasteiger partial charge in [-0.25, -0.2) is 33.7 Å². The average molecular weight is 923 g/mol. The van der Waals surface area contributed by atoms with Crippen molar-refractivity contribution in [3.05, 3.63) is 84.0 Å². The number of carbonyl (C=O) groups excluding carboxylic acids is 3. The summed E-state index contributed by atoms with van der Waals surface area (Å²) in [7, 11) is -10.3. The minimum absolute atomic E-state index is 0.0102. The molecule has 4 aromatic rings. The smallest absolute Gasteiger partial charge is 0.455 e. The number of nitrogens with zero attached hydrogens (tertiary/aromatic N) is 6. The highest BCUT2D eigenvalue weighted by Crippen LogP contribution is 2.50. The van der Waals surface area contributed by atoms with Crippen LogP contribution in [0, 0.1) is 0 Å². The van der Waals surface area contributed by atoms with E-state index in [1.165, 1.54) is 29.2 Å². The average Bonchev–Trinajstić information content (AvgIpc) is 3.92. The lowest BCUT2D eigenvalue weighted by Crippen LogP contribution is -2.49. The van der Waals surface area contributed by atoms with Crippen molar-refractivity contribution in [2.24, 2.45) is 0 Å². The number of aliphatic hydroxyl groups excluding tert-OH is 1. The number of nitrogens with one attached hydrogen (secondary N) is 2. The Bertz CT molecular complexity index is 2440. The summed E-state index contributed by atoms with van der Waals surface area (Å²) < 4.78 is 60.2. The molecule has 26 nitrogen and oxygen atoms in total. The maximum absolute atomic E-state index is 14.0. The van der Waals surface area contributed by atoms with Gasteiger partial charge in [0, 0.05) is 25.5 Å². The van der Waals surface area contributed by atoms with Crippen molar-refractivity contribution in [1.82, 2.24) is 39.7 Å². The number of ether oxygens (including phenoxy) is 3. The van der Waals surface area contributed by atoms with Crippen molar-refractivity contribution in [2.75, 3.05) is 31.2 Å². The molecule has 2 amide bonds. The molecule has 2 fully saturated rings. The number of benzene rings is 1. The van der Waals surface area contributed by atoms with Gasteiger partial charge >= 0.3 is 27.3 Å². The minimum atomic E-state index is -5.25. The molecule has 10 N–H and O–H groups in total. The number of aliphatic hydroxyl groups is 1. The van der Waals surface area contributed by atoms with Crippen LogP contribution in [0.1, 0.15) is 37.3 Å². The van der Waals surface area contributed by atoms with Gasteiger partial charge in [-0.05, 0) is 18.1 Å². The Balaban J connectivity index is 1.22. The summed E-state index contributed by atoms with van der Waals surface area (Å²) in [6.07, 6.45) is -5.59. The highest BCUT2D eigenvalue weighted by molar-refractivity contribution is 7.47. The van der Waals surface area contributed by atoms with Crippen molar-refractivity contribution >= 4 is 56.2 Å². The number of imidazole rings is 1. The van der Waals surface area contributed by atoms with Crippen molar-refractivity contribution in [2.45, 2.75) is 74.7 Å². The second-order valence-electron chi connectivity index (χ2n) is 14.1. The zero-order valence-electron chi connectivity index (χ0n) is 33.0. The first-order valence-electron chi connectivity index (χ1n) is 18.9. The first-order chi connectivity index (χ1) is 29.9. The summed E-state index contributed by atoms with van der Waals surface area (Å²) in [6, 6.07) is 8.38. The number of phosphoric ester groups is 2. The van der Waals surface area contributed by atoms with Crippen LogP contribution >= 0.6 is 15.6 Å². The van der Waals surface area contributed by atoms with Gasteiger partial charge in [0.05, 0.1) is 26.1 Å².